The molecule has 1 aromatic rings. The summed E-state index contributed by atoms with van der Waals surface area (Å²) in [7, 11) is 6.48. The summed E-state index contributed by atoms with van der Waals surface area (Å²) in [5, 5.41) is 20.2. The van der Waals surface area contributed by atoms with Crippen LogP contribution in [-0.4, -0.2) is 72.4 Å². The first kappa shape index (κ1) is 53.0. The van der Waals surface area contributed by atoms with Crippen LogP contribution in [-0.2, 0) is 30.5 Å². The van der Waals surface area contributed by atoms with Crippen molar-refractivity contribution in [2.45, 2.75) is 158 Å². The Bertz CT molecular complexity index is 1240. The van der Waals surface area contributed by atoms with Gasteiger partial charge in [-0.05, 0) is 162 Å². The van der Waals surface area contributed by atoms with Gasteiger partial charge in [0.25, 0.3) is 0 Å². The van der Waals surface area contributed by atoms with Crippen molar-refractivity contribution in [3.8, 4) is 0 Å². The first-order chi connectivity index (χ1) is 27.3. The van der Waals surface area contributed by atoms with Crippen LogP contribution >= 0.6 is 0 Å². The van der Waals surface area contributed by atoms with E-state index in [1.54, 1.807) is 40.4 Å². The minimum Gasteiger partial charge on any atom is -0.481 e. The maximum absolute atomic E-state index is 11.9. The lowest BCUT2D eigenvalue weighted by Gasteiger charge is -2.30. The van der Waals surface area contributed by atoms with Gasteiger partial charge >= 0.3 is 11.9 Å². The number of nitrogens with zero attached hydrogens (tertiary/aromatic N) is 2. The maximum Gasteiger partial charge on any atom is 0.335 e. The average Bonchev–Trinajstić information content (AvgIpc) is 3.17. The van der Waals surface area contributed by atoms with Gasteiger partial charge in [0.15, 0.2) is 0 Å². The van der Waals surface area contributed by atoms with Crippen molar-refractivity contribution in [2.75, 3.05) is 28.3 Å². The van der Waals surface area contributed by atoms with Gasteiger partial charge in [0, 0.05) is 25.9 Å². The normalized spacial score (nSPS) is 23.1. The fourth-order valence-corrected chi connectivity index (χ4v) is 8.88. The molecule has 0 aromatic heterocycles. The number of hydroxylamine groups is 4. The average molecular weight is 817 g/mol. The minimum atomic E-state index is -0.865. The Morgan fingerprint density at radius 3 is 1.09 bits per heavy atom. The van der Waals surface area contributed by atoms with Crippen molar-refractivity contribution in [3.05, 3.63) is 35.4 Å². The van der Waals surface area contributed by atoms with E-state index in [0.29, 0.717) is 11.5 Å². The van der Waals surface area contributed by atoms with E-state index >= 15 is 0 Å². The molecular weight excluding hydrogens is 733 g/mol. The predicted octanol–water partition coefficient (Wildman–Crippen LogP) is 11.2. The molecule has 0 atom stereocenters. The number of benzene rings is 1. The van der Waals surface area contributed by atoms with E-state index in [9.17, 15) is 19.2 Å². The SMILES string of the molecule is CC(C)CC1CCC(C(=O)O)CC1.CC(C)Cc1ccc(C(=O)O)cc1.CON(C)C(=O)C1CCC(CC(C)C)CC1.CON(C)C(=O)C1CCC(CC(C)C)CC1. The molecule has 2 N–H and O–H groups in total. The van der Waals surface area contributed by atoms with Gasteiger partial charge < -0.3 is 10.2 Å². The van der Waals surface area contributed by atoms with Crippen molar-refractivity contribution >= 4 is 23.8 Å². The quantitative estimate of drug-likeness (QED) is 0.177. The lowest BCUT2D eigenvalue weighted by atomic mass is 9.78. The molecule has 0 spiro atoms. The van der Waals surface area contributed by atoms with Crippen LogP contribution in [0.5, 0.6) is 0 Å². The number of carboxylic acid groups (broad SMARTS) is 2. The van der Waals surface area contributed by atoms with E-state index < -0.39 is 11.9 Å². The van der Waals surface area contributed by atoms with Crippen LogP contribution in [0, 0.1) is 59.2 Å². The number of carbonyl (C=O) groups is 4. The highest BCUT2D eigenvalue weighted by Gasteiger charge is 2.30. The molecule has 10 nitrogen and oxygen atoms in total. The van der Waals surface area contributed by atoms with E-state index in [1.807, 2.05) is 12.1 Å². The van der Waals surface area contributed by atoms with E-state index in [0.717, 1.165) is 93.3 Å². The van der Waals surface area contributed by atoms with Gasteiger partial charge in [-0.2, -0.15) is 0 Å². The Morgan fingerprint density at radius 2 is 0.845 bits per heavy atom. The van der Waals surface area contributed by atoms with Crippen LogP contribution in [0.2, 0.25) is 0 Å². The third kappa shape index (κ3) is 21.9. The molecule has 3 aliphatic carbocycles. The molecule has 4 rings (SSSR count). The minimum absolute atomic E-state index is 0.0524. The van der Waals surface area contributed by atoms with Crippen LogP contribution < -0.4 is 0 Å². The Morgan fingerprint density at radius 1 is 0.534 bits per heavy atom. The fraction of sp³-hybridized carbons (Fsp3) is 0.792. The molecule has 0 aliphatic heterocycles. The molecule has 1 aromatic carbocycles. The number of aromatic carboxylic acids is 1. The zero-order valence-electron chi connectivity index (χ0n) is 38.6. The molecule has 0 radical (unpaired) electrons. The molecule has 0 bridgehead atoms. The highest BCUT2D eigenvalue weighted by molar-refractivity contribution is 5.87. The van der Waals surface area contributed by atoms with E-state index in [1.165, 1.54) is 60.6 Å². The second kappa shape index (κ2) is 28.5. The van der Waals surface area contributed by atoms with E-state index in [4.69, 9.17) is 19.9 Å². The van der Waals surface area contributed by atoms with Gasteiger partial charge in [-0.1, -0.05) is 67.5 Å². The Hall–Kier alpha value is -2.98. The standard InChI is InChI=1S/2C13H25NO2.C11H20O2.C11H14O2/c2*1-10(2)9-11-5-7-12(8-6-11)13(15)14(3)16-4;2*1-8(2)7-9-3-5-10(6-4-9)11(12)13/h2*10-12H,5-9H2,1-4H3;8-10H,3-7H2,1-2H3,(H,12,13);3-6,8H,7H2,1-2H3,(H,12,13). The zero-order valence-corrected chi connectivity index (χ0v) is 38.6. The number of carboxylic acids is 2. The summed E-state index contributed by atoms with van der Waals surface area (Å²) in [5.41, 5.74) is 1.55. The molecule has 3 aliphatic rings. The van der Waals surface area contributed by atoms with Gasteiger partial charge in [0.2, 0.25) is 11.8 Å². The topological polar surface area (TPSA) is 134 Å². The largest absolute Gasteiger partial charge is 0.481 e. The molecule has 58 heavy (non-hydrogen) atoms. The van der Waals surface area contributed by atoms with Crippen molar-refractivity contribution in [1.29, 1.82) is 0 Å². The number of amides is 2. The highest BCUT2D eigenvalue weighted by Crippen LogP contribution is 2.35. The molecule has 3 fully saturated rings. The molecule has 2 amide bonds. The van der Waals surface area contributed by atoms with Crippen molar-refractivity contribution in [3.63, 3.8) is 0 Å². The molecule has 3 saturated carbocycles. The number of rotatable bonds is 14. The summed E-state index contributed by atoms with van der Waals surface area (Å²) in [5.74, 6) is 4.52. The number of aliphatic carboxylic acids is 1. The highest BCUT2D eigenvalue weighted by atomic mass is 16.7. The summed E-state index contributed by atoms with van der Waals surface area (Å²) >= 11 is 0. The van der Waals surface area contributed by atoms with Gasteiger partial charge in [-0.25, -0.2) is 14.9 Å². The zero-order chi connectivity index (χ0) is 43.9. The van der Waals surface area contributed by atoms with Crippen LogP contribution in [0.25, 0.3) is 0 Å². The van der Waals surface area contributed by atoms with Gasteiger partial charge in [-0.3, -0.25) is 24.1 Å². The van der Waals surface area contributed by atoms with E-state index in [2.05, 4.69) is 55.4 Å². The third-order valence-electron chi connectivity index (χ3n) is 12.0. The van der Waals surface area contributed by atoms with Gasteiger partial charge in [0.05, 0.1) is 25.7 Å². The second-order valence-corrected chi connectivity index (χ2v) is 19.0. The molecule has 0 saturated heterocycles. The van der Waals surface area contributed by atoms with Gasteiger partial charge in [-0.15, -0.1) is 0 Å². The fourth-order valence-electron chi connectivity index (χ4n) is 8.88. The van der Waals surface area contributed by atoms with Crippen LogP contribution in [0.4, 0.5) is 0 Å². The summed E-state index contributed by atoms with van der Waals surface area (Å²) in [6.07, 6.45) is 17.8. The number of hydrogen-bond acceptors (Lipinski definition) is 6. The lowest BCUT2D eigenvalue weighted by molar-refractivity contribution is -0.175. The molecule has 10 heteroatoms. The van der Waals surface area contributed by atoms with E-state index in [-0.39, 0.29) is 29.6 Å². The van der Waals surface area contributed by atoms with Crippen molar-refractivity contribution in [1.82, 2.24) is 10.1 Å². The monoisotopic (exact) mass is 817 g/mol. The third-order valence-corrected chi connectivity index (χ3v) is 12.0. The summed E-state index contributed by atoms with van der Waals surface area (Å²) in [6.45, 7) is 17.9. The number of carbonyl (C=O) groups excluding carboxylic acids is 2. The Labute approximate surface area is 353 Å². The van der Waals surface area contributed by atoms with Crippen LogP contribution in [0.15, 0.2) is 24.3 Å². The van der Waals surface area contributed by atoms with Crippen molar-refractivity contribution in [2.24, 2.45) is 59.2 Å². The first-order valence-corrected chi connectivity index (χ1v) is 22.5. The van der Waals surface area contributed by atoms with Crippen molar-refractivity contribution < 1.29 is 39.1 Å². The lowest BCUT2D eigenvalue weighted by Crippen LogP contribution is -2.34. The Balaban J connectivity index is 0.000000389. The molecule has 334 valence electrons. The molecular formula is C48H84N2O8. The summed E-state index contributed by atoms with van der Waals surface area (Å²) in [4.78, 5) is 54.8. The van der Waals surface area contributed by atoms with Gasteiger partial charge in [0.1, 0.15) is 0 Å². The smallest absolute Gasteiger partial charge is 0.335 e. The molecule has 0 heterocycles. The molecule has 0 unspecified atom stereocenters. The summed E-state index contributed by atoms with van der Waals surface area (Å²) < 4.78 is 0. The number of hydrogen-bond donors (Lipinski definition) is 2. The summed E-state index contributed by atoms with van der Waals surface area (Å²) in [6, 6.07) is 7.06. The first-order valence-electron chi connectivity index (χ1n) is 22.5. The maximum atomic E-state index is 11.9. The second-order valence-electron chi connectivity index (χ2n) is 19.0. The predicted molar refractivity (Wildman–Crippen MR) is 234 cm³/mol. The van der Waals surface area contributed by atoms with Crippen LogP contribution in [0.3, 0.4) is 0 Å². The Kier molecular flexibility index (Phi) is 26.0. The van der Waals surface area contributed by atoms with Crippen LogP contribution in [0.1, 0.15) is 168 Å².